The third-order valence-corrected chi connectivity index (χ3v) is 2.69. The fourth-order valence-electron chi connectivity index (χ4n) is 1.68. The molecule has 0 atom stereocenters. The molecule has 0 heterocycles. The number of rotatable bonds is 3. The minimum absolute atomic E-state index is 0.322. The lowest BCUT2D eigenvalue weighted by molar-refractivity contribution is -0.0274. The molecule has 1 N–H and O–H groups in total. The van der Waals surface area contributed by atoms with Crippen molar-refractivity contribution in [2.75, 3.05) is 13.2 Å². The zero-order chi connectivity index (χ0) is 9.73. The molecule has 0 bridgehead atoms. The van der Waals surface area contributed by atoms with Crippen molar-refractivity contribution in [3.63, 3.8) is 0 Å². The van der Waals surface area contributed by atoms with Crippen molar-refractivity contribution in [2.45, 2.75) is 31.3 Å². The summed E-state index contributed by atoms with van der Waals surface area (Å²) in [6, 6.07) is 0. The normalized spacial score (nSPS) is 33.8. The minimum atomic E-state index is -1.10. The SMILES string of the molecule is [N-]=[N+]=NC[C@H]1CC[C@](O)(CF)CC1. The van der Waals surface area contributed by atoms with Crippen molar-refractivity contribution in [2.24, 2.45) is 11.0 Å². The van der Waals surface area contributed by atoms with E-state index in [0.717, 1.165) is 12.8 Å². The summed E-state index contributed by atoms with van der Waals surface area (Å²) in [5, 5.41) is 13.0. The van der Waals surface area contributed by atoms with Crippen LogP contribution in [0.15, 0.2) is 5.11 Å². The van der Waals surface area contributed by atoms with Gasteiger partial charge in [0.1, 0.15) is 6.67 Å². The van der Waals surface area contributed by atoms with Gasteiger partial charge < -0.3 is 5.11 Å². The number of alkyl halides is 1. The maximum absolute atomic E-state index is 12.3. The summed E-state index contributed by atoms with van der Waals surface area (Å²) >= 11 is 0. The maximum Gasteiger partial charge on any atom is 0.118 e. The number of nitrogens with zero attached hydrogens (tertiary/aromatic N) is 3. The zero-order valence-electron chi connectivity index (χ0n) is 7.49. The summed E-state index contributed by atoms with van der Waals surface area (Å²) in [5.74, 6) is 0.322. The van der Waals surface area contributed by atoms with Crippen LogP contribution in [0.1, 0.15) is 25.7 Å². The highest BCUT2D eigenvalue weighted by atomic mass is 19.1. The Morgan fingerprint density at radius 1 is 1.54 bits per heavy atom. The molecular formula is C8H14FN3O. The van der Waals surface area contributed by atoms with Crippen molar-refractivity contribution in [3.05, 3.63) is 10.4 Å². The van der Waals surface area contributed by atoms with E-state index in [2.05, 4.69) is 10.0 Å². The van der Waals surface area contributed by atoms with Crippen LogP contribution in [0, 0.1) is 5.92 Å². The molecule has 0 radical (unpaired) electrons. The monoisotopic (exact) mass is 187 g/mol. The smallest absolute Gasteiger partial charge is 0.118 e. The average molecular weight is 187 g/mol. The molecule has 0 amide bonds. The van der Waals surface area contributed by atoms with Gasteiger partial charge in [0.2, 0.25) is 0 Å². The van der Waals surface area contributed by atoms with Crippen LogP contribution in [-0.2, 0) is 0 Å². The molecular weight excluding hydrogens is 173 g/mol. The van der Waals surface area contributed by atoms with Gasteiger partial charge in [0.15, 0.2) is 0 Å². The van der Waals surface area contributed by atoms with E-state index in [0.29, 0.717) is 25.3 Å². The van der Waals surface area contributed by atoms with E-state index in [1.54, 1.807) is 0 Å². The molecule has 0 unspecified atom stereocenters. The van der Waals surface area contributed by atoms with Crippen molar-refractivity contribution in [3.8, 4) is 0 Å². The molecule has 74 valence electrons. The summed E-state index contributed by atoms with van der Waals surface area (Å²) in [4.78, 5) is 2.67. The second kappa shape index (κ2) is 4.44. The minimum Gasteiger partial charge on any atom is -0.387 e. The number of hydrogen-bond donors (Lipinski definition) is 1. The molecule has 0 aromatic heterocycles. The Bertz CT molecular complexity index is 207. The molecule has 4 nitrogen and oxygen atoms in total. The van der Waals surface area contributed by atoms with E-state index >= 15 is 0 Å². The summed E-state index contributed by atoms with van der Waals surface area (Å²) in [6.45, 7) is -0.194. The molecule has 1 saturated carbocycles. The van der Waals surface area contributed by atoms with E-state index in [1.807, 2.05) is 0 Å². The van der Waals surface area contributed by atoms with Crippen LogP contribution in [0.4, 0.5) is 4.39 Å². The van der Waals surface area contributed by atoms with Crippen LogP contribution >= 0.6 is 0 Å². The molecule has 5 heteroatoms. The number of azide groups is 1. The van der Waals surface area contributed by atoms with E-state index in [9.17, 15) is 9.50 Å². The Labute approximate surface area is 76.4 Å². The van der Waals surface area contributed by atoms with E-state index in [-0.39, 0.29) is 0 Å². The van der Waals surface area contributed by atoms with Gasteiger partial charge in [-0.15, -0.1) is 0 Å². The van der Waals surface area contributed by atoms with Gasteiger partial charge in [0, 0.05) is 11.5 Å². The van der Waals surface area contributed by atoms with Crippen LogP contribution in [0.2, 0.25) is 0 Å². The van der Waals surface area contributed by atoms with Gasteiger partial charge in [-0.2, -0.15) is 0 Å². The predicted molar refractivity (Wildman–Crippen MR) is 46.9 cm³/mol. The third-order valence-electron chi connectivity index (χ3n) is 2.69. The van der Waals surface area contributed by atoms with Gasteiger partial charge in [-0.25, -0.2) is 4.39 Å². The number of aliphatic hydroxyl groups is 1. The molecule has 1 rings (SSSR count). The quantitative estimate of drug-likeness (QED) is 0.410. The van der Waals surface area contributed by atoms with Crippen molar-refractivity contribution in [1.82, 2.24) is 0 Å². The highest BCUT2D eigenvalue weighted by Gasteiger charge is 2.32. The first-order chi connectivity index (χ1) is 6.20. The number of hydrogen-bond acceptors (Lipinski definition) is 2. The second-order valence-corrected chi connectivity index (χ2v) is 3.71. The van der Waals surface area contributed by atoms with Gasteiger partial charge in [-0.1, -0.05) is 5.11 Å². The summed E-state index contributed by atoms with van der Waals surface area (Å²) < 4.78 is 12.3. The average Bonchev–Trinajstić information content (AvgIpc) is 2.17. The molecule has 0 spiro atoms. The van der Waals surface area contributed by atoms with Gasteiger partial charge in [-0.3, -0.25) is 0 Å². The Morgan fingerprint density at radius 3 is 2.62 bits per heavy atom. The van der Waals surface area contributed by atoms with Crippen molar-refractivity contribution in [1.29, 1.82) is 0 Å². The molecule has 1 aliphatic carbocycles. The first-order valence-electron chi connectivity index (χ1n) is 4.49. The van der Waals surface area contributed by atoms with Crippen LogP contribution in [0.3, 0.4) is 0 Å². The standard InChI is InChI=1S/C8H14FN3O/c9-6-8(13)3-1-7(2-4-8)5-11-12-10/h7,13H,1-6H2/t7-,8+. The maximum atomic E-state index is 12.3. The van der Waals surface area contributed by atoms with Gasteiger partial charge in [0.05, 0.1) is 5.60 Å². The first kappa shape index (κ1) is 10.3. The molecule has 0 aliphatic heterocycles. The van der Waals surface area contributed by atoms with Gasteiger partial charge in [0.25, 0.3) is 0 Å². The summed E-state index contributed by atoms with van der Waals surface area (Å²) in [5.41, 5.74) is 6.99. The molecule has 0 saturated heterocycles. The lowest BCUT2D eigenvalue weighted by atomic mass is 9.79. The molecule has 0 aromatic rings. The molecule has 13 heavy (non-hydrogen) atoms. The fraction of sp³-hybridized carbons (Fsp3) is 1.00. The van der Waals surface area contributed by atoms with Crippen LogP contribution < -0.4 is 0 Å². The first-order valence-corrected chi connectivity index (χ1v) is 4.49. The largest absolute Gasteiger partial charge is 0.387 e. The third kappa shape index (κ3) is 2.86. The van der Waals surface area contributed by atoms with Crippen LogP contribution in [0.25, 0.3) is 10.4 Å². The van der Waals surface area contributed by atoms with Crippen molar-refractivity contribution >= 4 is 0 Å². The lowest BCUT2D eigenvalue weighted by Crippen LogP contribution is -2.36. The molecule has 1 aliphatic rings. The van der Waals surface area contributed by atoms with Gasteiger partial charge in [-0.05, 0) is 37.1 Å². The number of halogens is 1. The van der Waals surface area contributed by atoms with Gasteiger partial charge >= 0.3 is 0 Å². The topological polar surface area (TPSA) is 69.0 Å². The van der Waals surface area contributed by atoms with E-state index in [1.165, 1.54) is 0 Å². The summed E-state index contributed by atoms with van der Waals surface area (Å²) in [7, 11) is 0. The zero-order valence-corrected chi connectivity index (χ0v) is 7.49. The van der Waals surface area contributed by atoms with Crippen LogP contribution in [-0.4, -0.2) is 23.9 Å². The highest BCUT2D eigenvalue weighted by Crippen LogP contribution is 2.32. The second-order valence-electron chi connectivity index (χ2n) is 3.71. The molecule has 0 aromatic carbocycles. The summed E-state index contributed by atoms with van der Waals surface area (Å²) in [6.07, 6.45) is 2.46. The fourth-order valence-corrected chi connectivity index (χ4v) is 1.68. The Morgan fingerprint density at radius 2 is 2.15 bits per heavy atom. The Kier molecular flexibility index (Phi) is 3.51. The van der Waals surface area contributed by atoms with Crippen molar-refractivity contribution < 1.29 is 9.50 Å². The highest BCUT2D eigenvalue weighted by molar-refractivity contribution is 4.85. The Hall–Kier alpha value is -0.800. The van der Waals surface area contributed by atoms with E-state index in [4.69, 9.17) is 5.53 Å². The Balaban J connectivity index is 2.34. The predicted octanol–water partition coefficient (Wildman–Crippen LogP) is 2.19. The van der Waals surface area contributed by atoms with Crippen LogP contribution in [0.5, 0.6) is 0 Å². The van der Waals surface area contributed by atoms with E-state index < -0.39 is 12.3 Å². The lowest BCUT2D eigenvalue weighted by Gasteiger charge is -2.33. The molecule has 1 fully saturated rings.